The highest BCUT2D eigenvalue weighted by molar-refractivity contribution is 5.98. The predicted octanol–water partition coefficient (Wildman–Crippen LogP) is 1.89. The molecule has 0 aromatic heterocycles. The lowest BCUT2D eigenvalue weighted by Gasteiger charge is -2.06. The summed E-state index contributed by atoms with van der Waals surface area (Å²) in [5.41, 5.74) is 5.92. The van der Waals surface area contributed by atoms with Crippen LogP contribution in [-0.4, -0.2) is 18.6 Å². The Balaban J connectivity index is 1.54. The number of benzene rings is 2. The molecule has 0 unspecified atom stereocenters. The van der Waals surface area contributed by atoms with Crippen molar-refractivity contribution < 1.29 is 19.1 Å². The lowest BCUT2D eigenvalue weighted by atomic mass is 10.2. The molecular weight excluding hydrogens is 296 g/mol. The zero-order chi connectivity index (χ0) is 16.1. The van der Waals surface area contributed by atoms with Gasteiger partial charge in [0, 0.05) is 11.6 Å². The summed E-state index contributed by atoms with van der Waals surface area (Å²) in [6, 6.07) is 14.2. The molecule has 0 bridgehead atoms. The topological polar surface area (TPSA) is 76.7 Å². The summed E-state index contributed by atoms with van der Waals surface area (Å²) in [6.45, 7) is 0.140. The molecule has 0 atom stereocenters. The zero-order valence-corrected chi connectivity index (χ0v) is 12.1. The smallest absolute Gasteiger partial charge is 0.269 e. The monoisotopic (exact) mass is 310 g/mol. The summed E-state index contributed by atoms with van der Waals surface area (Å²) < 4.78 is 10.4. The number of hydrogen-bond acceptors (Lipinski definition) is 4. The fourth-order valence-corrected chi connectivity index (χ4v) is 2.01. The first-order valence-corrected chi connectivity index (χ1v) is 6.95. The van der Waals surface area contributed by atoms with Gasteiger partial charge in [-0.25, -0.2) is 0 Å². The van der Waals surface area contributed by atoms with Crippen molar-refractivity contribution >= 4 is 17.9 Å². The average molecular weight is 310 g/mol. The molecular formula is C17H14N2O4. The molecule has 23 heavy (non-hydrogen) atoms. The Morgan fingerprint density at radius 3 is 2.57 bits per heavy atom. The number of hydrogen-bond donors (Lipinski definition) is 2. The quantitative estimate of drug-likeness (QED) is 0.670. The average Bonchev–Trinajstić information content (AvgIpc) is 3.06. The van der Waals surface area contributed by atoms with Crippen LogP contribution >= 0.6 is 0 Å². The second kappa shape index (κ2) is 6.65. The Kier molecular flexibility index (Phi) is 4.24. The van der Waals surface area contributed by atoms with Crippen LogP contribution in [0.5, 0.6) is 11.5 Å². The van der Waals surface area contributed by atoms with Crippen molar-refractivity contribution in [3.8, 4) is 11.5 Å². The molecule has 0 saturated heterocycles. The van der Waals surface area contributed by atoms with Gasteiger partial charge in [-0.15, -0.1) is 0 Å². The summed E-state index contributed by atoms with van der Waals surface area (Å²) in [5.74, 6) is 0.233. The van der Waals surface area contributed by atoms with Gasteiger partial charge in [0.1, 0.15) is 0 Å². The molecule has 1 heterocycles. The molecule has 1 aliphatic heterocycles. The van der Waals surface area contributed by atoms with E-state index < -0.39 is 11.8 Å². The molecule has 2 aromatic carbocycles. The van der Waals surface area contributed by atoms with Crippen molar-refractivity contribution in [3.63, 3.8) is 0 Å². The van der Waals surface area contributed by atoms with Crippen LogP contribution in [0.3, 0.4) is 0 Å². The Bertz CT molecular complexity index is 756. The van der Waals surface area contributed by atoms with Gasteiger partial charge >= 0.3 is 0 Å². The van der Waals surface area contributed by atoms with Crippen molar-refractivity contribution in [2.45, 2.75) is 0 Å². The summed E-state index contributed by atoms with van der Waals surface area (Å²) >= 11 is 0. The summed E-state index contributed by atoms with van der Waals surface area (Å²) in [5, 5.41) is 0. The third kappa shape index (κ3) is 3.68. The van der Waals surface area contributed by atoms with Crippen LogP contribution < -0.4 is 20.3 Å². The van der Waals surface area contributed by atoms with Crippen LogP contribution in [0.1, 0.15) is 15.9 Å². The fourth-order valence-electron chi connectivity index (χ4n) is 2.01. The SMILES string of the molecule is O=C(/C=C/c1ccccc1)NNC(=O)c1ccc2c(c1)OCO2. The lowest BCUT2D eigenvalue weighted by Crippen LogP contribution is -2.40. The minimum Gasteiger partial charge on any atom is -0.454 e. The van der Waals surface area contributed by atoms with Gasteiger partial charge in [-0.05, 0) is 29.8 Å². The van der Waals surface area contributed by atoms with E-state index in [1.165, 1.54) is 6.08 Å². The maximum atomic E-state index is 12.0. The van der Waals surface area contributed by atoms with Gasteiger partial charge in [-0.1, -0.05) is 30.3 Å². The molecule has 2 aromatic rings. The standard InChI is InChI=1S/C17H14N2O4/c20-16(9-6-12-4-2-1-3-5-12)18-19-17(21)13-7-8-14-15(10-13)23-11-22-14/h1-10H,11H2,(H,18,20)(H,19,21)/b9-6+. The Labute approximate surface area is 132 Å². The molecule has 0 fully saturated rings. The van der Waals surface area contributed by atoms with Crippen molar-refractivity contribution in [1.29, 1.82) is 0 Å². The third-order valence-corrected chi connectivity index (χ3v) is 3.16. The van der Waals surface area contributed by atoms with Gasteiger partial charge in [0.2, 0.25) is 6.79 Å². The van der Waals surface area contributed by atoms with E-state index in [1.807, 2.05) is 30.3 Å². The first-order chi connectivity index (χ1) is 11.2. The summed E-state index contributed by atoms with van der Waals surface area (Å²) in [4.78, 5) is 23.7. The van der Waals surface area contributed by atoms with E-state index in [4.69, 9.17) is 9.47 Å². The molecule has 1 aliphatic rings. The molecule has 3 rings (SSSR count). The Morgan fingerprint density at radius 2 is 1.74 bits per heavy atom. The molecule has 6 nitrogen and oxygen atoms in total. The second-order valence-electron chi connectivity index (χ2n) is 4.76. The van der Waals surface area contributed by atoms with Gasteiger partial charge in [0.05, 0.1) is 0 Å². The second-order valence-corrected chi connectivity index (χ2v) is 4.76. The molecule has 116 valence electrons. The minimum absolute atomic E-state index is 0.140. The van der Waals surface area contributed by atoms with Crippen molar-refractivity contribution in [2.24, 2.45) is 0 Å². The van der Waals surface area contributed by atoms with E-state index in [-0.39, 0.29) is 6.79 Å². The highest BCUT2D eigenvalue weighted by Crippen LogP contribution is 2.32. The number of nitrogens with one attached hydrogen (secondary N) is 2. The third-order valence-electron chi connectivity index (χ3n) is 3.16. The molecule has 0 radical (unpaired) electrons. The van der Waals surface area contributed by atoms with Crippen molar-refractivity contribution in [1.82, 2.24) is 10.9 Å². The highest BCUT2D eigenvalue weighted by Gasteiger charge is 2.16. The Hall–Kier alpha value is -3.28. The van der Waals surface area contributed by atoms with Gasteiger partial charge in [0.25, 0.3) is 11.8 Å². The van der Waals surface area contributed by atoms with E-state index in [0.717, 1.165) is 5.56 Å². The number of fused-ring (bicyclic) bond motifs is 1. The predicted molar refractivity (Wildman–Crippen MR) is 83.6 cm³/mol. The fraction of sp³-hybridized carbons (Fsp3) is 0.0588. The van der Waals surface area contributed by atoms with Gasteiger partial charge in [-0.2, -0.15) is 0 Å². The number of carbonyl (C=O) groups excluding carboxylic acids is 2. The minimum atomic E-state index is -0.440. The van der Waals surface area contributed by atoms with Crippen LogP contribution in [0.15, 0.2) is 54.6 Å². The summed E-state index contributed by atoms with van der Waals surface area (Å²) in [6.07, 6.45) is 3.00. The van der Waals surface area contributed by atoms with E-state index >= 15 is 0 Å². The van der Waals surface area contributed by atoms with Crippen LogP contribution in [-0.2, 0) is 4.79 Å². The Morgan fingerprint density at radius 1 is 0.957 bits per heavy atom. The van der Waals surface area contributed by atoms with E-state index in [9.17, 15) is 9.59 Å². The first-order valence-electron chi connectivity index (χ1n) is 6.95. The van der Waals surface area contributed by atoms with Crippen LogP contribution in [0, 0.1) is 0 Å². The normalized spacial score (nSPS) is 12.2. The molecule has 6 heteroatoms. The van der Waals surface area contributed by atoms with Gasteiger partial charge in [-0.3, -0.25) is 20.4 Å². The summed E-state index contributed by atoms with van der Waals surface area (Å²) in [7, 11) is 0. The highest BCUT2D eigenvalue weighted by atomic mass is 16.7. The zero-order valence-electron chi connectivity index (χ0n) is 12.1. The molecule has 2 N–H and O–H groups in total. The van der Waals surface area contributed by atoms with Crippen LogP contribution in [0.25, 0.3) is 6.08 Å². The molecule has 0 aliphatic carbocycles. The van der Waals surface area contributed by atoms with Crippen molar-refractivity contribution in [2.75, 3.05) is 6.79 Å². The number of amides is 2. The maximum absolute atomic E-state index is 12.0. The largest absolute Gasteiger partial charge is 0.454 e. The van der Waals surface area contributed by atoms with E-state index in [0.29, 0.717) is 17.1 Å². The van der Waals surface area contributed by atoms with Gasteiger partial charge < -0.3 is 9.47 Å². The molecule has 2 amide bonds. The molecule has 0 saturated carbocycles. The number of carbonyl (C=O) groups is 2. The number of ether oxygens (including phenoxy) is 2. The maximum Gasteiger partial charge on any atom is 0.269 e. The van der Waals surface area contributed by atoms with E-state index in [1.54, 1.807) is 24.3 Å². The number of rotatable bonds is 3. The number of hydrazine groups is 1. The first kappa shape index (κ1) is 14.6. The van der Waals surface area contributed by atoms with Gasteiger partial charge in [0.15, 0.2) is 11.5 Å². The van der Waals surface area contributed by atoms with E-state index in [2.05, 4.69) is 10.9 Å². The van der Waals surface area contributed by atoms with Crippen molar-refractivity contribution in [3.05, 3.63) is 65.7 Å². The molecule has 0 spiro atoms. The lowest BCUT2D eigenvalue weighted by molar-refractivity contribution is -0.117. The van der Waals surface area contributed by atoms with Crippen LogP contribution in [0.2, 0.25) is 0 Å². The van der Waals surface area contributed by atoms with Crippen LogP contribution in [0.4, 0.5) is 0 Å².